The van der Waals surface area contributed by atoms with Crippen molar-refractivity contribution in [2.24, 2.45) is 0 Å². The van der Waals surface area contributed by atoms with Gasteiger partial charge in [0.25, 0.3) is 0 Å². The first kappa shape index (κ1) is 25.4. The van der Waals surface area contributed by atoms with E-state index in [-0.39, 0.29) is 21.9 Å². The number of thiazole rings is 1. The van der Waals surface area contributed by atoms with Gasteiger partial charge in [-0.3, -0.25) is 0 Å². The third-order valence-electron chi connectivity index (χ3n) is 5.73. The van der Waals surface area contributed by atoms with Crippen molar-refractivity contribution in [3.8, 4) is 0 Å². The zero-order valence-corrected chi connectivity index (χ0v) is 21.8. The van der Waals surface area contributed by atoms with Crippen LogP contribution in [0.1, 0.15) is 40.5 Å². The maximum atomic E-state index is 12.8. The molecule has 0 spiro atoms. The molecule has 1 aromatic heterocycles. The molecule has 1 heterocycles. The van der Waals surface area contributed by atoms with Gasteiger partial charge in [0.15, 0.2) is 8.32 Å². The van der Waals surface area contributed by atoms with E-state index >= 15 is 0 Å². The third kappa shape index (κ3) is 6.58. The van der Waals surface area contributed by atoms with E-state index in [0.29, 0.717) is 19.4 Å². The van der Waals surface area contributed by atoms with E-state index in [0.717, 1.165) is 10.2 Å². The summed E-state index contributed by atoms with van der Waals surface area (Å²) in [6, 6.07) is 7.47. The molecular weight excluding hydrogens is 438 g/mol. The van der Waals surface area contributed by atoms with Crippen LogP contribution in [0.25, 0.3) is 10.2 Å². The number of hydrogen-bond acceptors (Lipinski definition) is 7. The highest BCUT2D eigenvalue weighted by Crippen LogP contribution is 2.37. The zero-order valence-electron chi connectivity index (χ0n) is 19.1. The van der Waals surface area contributed by atoms with Crippen LogP contribution in [-0.2, 0) is 23.7 Å². The minimum absolute atomic E-state index is 0.0266. The molecule has 2 rings (SSSR count). The number of ether oxygens (including phenoxy) is 2. The van der Waals surface area contributed by atoms with Crippen LogP contribution in [-0.4, -0.2) is 53.6 Å². The van der Waals surface area contributed by atoms with E-state index in [1.807, 2.05) is 31.2 Å². The Hall–Kier alpha value is -0.843. The number of rotatable bonds is 11. The molecule has 0 amide bonds. The van der Waals surface area contributed by atoms with Crippen LogP contribution >= 0.6 is 11.3 Å². The molecule has 9 heteroatoms. The first-order valence-corrected chi connectivity index (χ1v) is 15.5. The summed E-state index contributed by atoms with van der Waals surface area (Å²) in [5.41, 5.74) is 0.103. The summed E-state index contributed by atoms with van der Waals surface area (Å²) in [7, 11) is -3.82. The summed E-state index contributed by atoms with van der Waals surface area (Å²) in [6.07, 6.45) is 1.01. The van der Waals surface area contributed by atoms with Crippen LogP contribution in [0.3, 0.4) is 0 Å². The molecule has 30 heavy (non-hydrogen) atoms. The van der Waals surface area contributed by atoms with Gasteiger partial charge in [-0.05, 0) is 50.0 Å². The molecule has 0 saturated heterocycles. The Balaban J connectivity index is 2.03. The normalized spacial score (nSPS) is 15.4. The fourth-order valence-electron chi connectivity index (χ4n) is 2.64. The largest absolute Gasteiger partial charge is 0.414 e. The standard InChI is InChI=1S/C21H35NO5S2Si/c1-20(2,3)30(6,7)27-15-21(4,26-16-25-5)13-10-14-29(23,24)19-22-17-11-8-9-12-18(17)28-19/h8-9,11-12H,10,13-16H2,1-7H3/t21-/m1/s1. The third-order valence-corrected chi connectivity index (χ3v) is 13.5. The van der Waals surface area contributed by atoms with Crippen LogP contribution in [0.5, 0.6) is 0 Å². The molecule has 0 unspecified atom stereocenters. The van der Waals surface area contributed by atoms with E-state index in [9.17, 15) is 8.42 Å². The van der Waals surface area contributed by atoms with Gasteiger partial charge in [-0.1, -0.05) is 32.9 Å². The molecule has 0 aliphatic carbocycles. The Bertz CT molecular complexity index is 903. The second-order valence-corrected chi connectivity index (χ2v) is 17.5. The summed E-state index contributed by atoms with van der Waals surface area (Å²) < 4.78 is 44.1. The van der Waals surface area contributed by atoms with Gasteiger partial charge in [-0.25, -0.2) is 13.4 Å². The molecule has 1 atom stereocenters. The van der Waals surface area contributed by atoms with Crippen molar-refractivity contribution in [3.05, 3.63) is 24.3 Å². The van der Waals surface area contributed by atoms with Gasteiger partial charge in [0.2, 0.25) is 14.2 Å². The fraction of sp³-hybridized carbons (Fsp3) is 0.667. The van der Waals surface area contributed by atoms with Gasteiger partial charge in [0.1, 0.15) is 6.79 Å². The van der Waals surface area contributed by atoms with Crippen molar-refractivity contribution in [2.45, 2.75) is 68.6 Å². The van der Waals surface area contributed by atoms with Gasteiger partial charge in [-0.2, -0.15) is 0 Å². The molecule has 0 fully saturated rings. The molecule has 170 valence electrons. The molecule has 2 aromatic rings. The SMILES string of the molecule is COCO[C@](C)(CCCS(=O)(=O)c1nc2ccccc2s1)CO[Si](C)(C)C(C)(C)C. The number of sulfone groups is 1. The lowest BCUT2D eigenvalue weighted by Crippen LogP contribution is -2.46. The molecule has 0 radical (unpaired) electrons. The van der Waals surface area contributed by atoms with Crippen LogP contribution < -0.4 is 0 Å². The highest BCUT2D eigenvalue weighted by Gasteiger charge is 2.39. The quantitative estimate of drug-likeness (QED) is 0.328. The lowest BCUT2D eigenvalue weighted by atomic mass is 10.0. The summed E-state index contributed by atoms with van der Waals surface area (Å²) in [6.45, 7) is 13.5. The molecule has 0 saturated carbocycles. The first-order valence-electron chi connectivity index (χ1n) is 10.1. The molecule has 0 aliphatic rings. The smallest absolute Gasteiger partial charge is 0.210 e. The van der Waals surface area contributed by atoms with Crippen molar-refractivity contribution in [3.63, 3.8) is 0 Å². The number of methoxy groups -OCH3 is 1. The monoisotopic (exact) mass is 473 g/mol. The molecule has 1 aromatic carbocycles. The lowest BCUT2D eigenvalue weighted by molar-refractivity contribution is -0.141. The first-order chi connectivity index (χ1) is 13.8. The number of para-hydroxylation sites is 1. The van der Waals surface area contributed by atoms with Gasteiger partial charge in [0, 0.05) is 7.11 Å². The minimum atomic E-state index is -3.44. The summed E-state index contributed by atoms with van der Waals surface area (Å²) >= 11 is 1.22. The highest BCUT2D eigenvalue weighted by atomic mass is 32.2. The number of benzene rings is 1. The summed E-state index contributed by atoms with van der Waals surface area (Å²) in [5.74, 6) is 0.0266. The second kappa shape index (κ2) is 9.75. The van der Waals surface area contributed by atoms with Crippen LogP contribution in [0.2, 0.25) is 18.1 Å². The Labute approximate surface area is 186 Å². The van der Waals surface area contributed by atoms with E-state index in [2.05, 4.69) is 38.8 Å². The predicted octanol–water partition coefficient (Wildman–Crippen LogP) is 5.25. The van der Waals surface area contributed by atoms with Gasteiger partial charge < -0.3 is 13.9 Å². The lowest BCUT2D eigenvalue weighted by Gasteiger charge is -2.40. The van der Waals surface area contributed by atoms with Crippen molar-refractivity contribution in [1.82, 2.24) is 4.98 Å². The Morgan fingerprint density at radius 3 is 2.40 bits per heavy atom. The Morgan fingerprint density at radius 1 is 1.13 bits per heavy atom. The number of aromatic nitrogens is 1. The second-order valence-electron chi connectivity index (χ2n) is 9.42. The zero-order chi connectivity index (χ0) is 22.6. The molecule has 0 aliphatic heterocycles. The maximum Gasteiger partial charge on any atom is 0.210 e. The van der Waals surface area contributed by atoms with Crippen LogP contribution in [0.4, 0.5) is 0 Å². The fourth-order valence-corrected chi connectivity index (χ4v) is 6.40. The average Bonchev–Trinajstić information content (AvgIpc) is 3.09. The van der Waals surface area contributed by atoms with Crippen molar-refractivity contribution >= 4 is 39.7 Å². The molecule has 0 bridgehead atoms. The predicted molar refractivity (Wildman–Crippen MR) is 125 cm³/mol. The maximum absolute atomic E-state index is 12.8. The minimum Gasteiger partial charge on any atom is -0.414 e. The van der Waals surface area contributed by atoms with Crippen LogP contribution in [0, 0.1) is 0 Å². The van der Waals surface area contributed by atoms with Gasteiger partial charge >= 0.3 is 0 Å². The van der Waals surface area contributed by atoms with Crippen molar-refractivity contribution in [1.29, 1.82) is 0 Å². The van der Waals surface area contributed by atoms with Crippen molar-refractivity contribution in [2.75, 3.05) is 26.3 Å². The Morgan fingerprint density at radius 2 is 1.80 bits per heavy atom. The van der Waals surface area contributed by atoms with E-state index in [1.165, 1.54) is 11.3 Å². The molecular formula is C21H35NO5S2Si. The molecule has 6 nitrogen and oxygen atoms in total. The van der Waals surface area contributed by atoms with Gasteiger partial charge in [0.05, 0.1) is 28.2 Å². The summed E-state index contributed by atoms with van der Waals surface area (Å²) in [5, 5.41) is 0.0886. The van der Waals surface area contributed by atoms with E-state index in [1.54, 1.807) is 7.11 Å². The summed E-state index contributed by atoms with van der Waals surface area (Å²) in [4.78, 5) is 4.30. The van der Waals surface area contributed by atoms with Crippen molar-refractivity contribution < 1.29 is 22.3 Å². The Kier molecular flexibility index (Phi) is 8.26. The number of hydrogen-bond donors (Lipinski definition) is 0. The van der Waals surface area contributed by atoms with E-state index in [4.69, 9.17) is 13.9 Å². The number of fused-ring (bicyclic) bond motifs is 1. The number of nitrogens with zero attached hydrogens (tertiary/aromatic N) is 1. The molecule has 0 N–H and O–H groups in total. The van der Waals surface area contributed by atoms with E-state index < -0.39 is 23.8 Å². The average molecular weight is 474 g/mol. The topological polar surface area (TPSA) is 74.7 Å². The highest BCUT2D eigenvalue weighted by molar-refractivity contribution is 7.93. The van der Waals surface area contributed by atoms with Crippen LogP contribution in [0.15, 0.2) is 28.6 Å². The van der Waals surface area contributed by atoms with Gasteiger partial charge in [-0.15, -0.1) is 11.3 Å².